The van der Waals surface area contributed by atoms with Gasteiger partial charge in [0, 0.05) is 12.6 Å². The molecule has 0 aliphatic heterocycles. The van der Waals surface area contributed by atoms with Gasteiger partial charge in [0.15, 0.2) is 0 Å². The Morgan fingerprint density at radius 2 is 2.00 bits per heavy atom. The molecular formula is C12H20N2O. The van der Waals surface area contributed by atoms with E-state index in [0.717, 1.165) is 38.6 Å². The first-order valence-corrected chi connectivity index (χ1v) is 6.12. The van der Waals surface area contributed by atoms with Gasteiger partial charge in [0.25, 0.3) is 0 Å². The van der Waals surface area contributed by atoms with Crippen LogP contribution in [0.15, 0.2) is 0 Å². The fourth-order valence-corrected chi connectivity index (χ4v) is 2.92. The number of hydrogen-bond acceptors (Lipinski definition) is 3. The van der Waals surface area contributed by atoms with Crippen molar-refractivity contribution in [2.75, 3.05) is 6.54 Å². The minimum Gasteiger partial charge on any atom is -0.393 e. The van der Waals surface area contributed by atoms with E-state index in [9.17, 15) is 5.11 Å². The maximum Gasteiger partial charge on any atom is 0.0672 e. The summed E-state index contributed by atoms with van der Waals surface area (Å²) in [6.45, 7) is 0.893. The minimum absolute atomic E-state index is 0.112. The minimum atomic E-state index is -0.112. The molecule has 2 aliphatic carbocycles. The largest absolute Gasteiger partial charge is 0.393 e. The van der Waals surface area contributed by atoms with Crippen LogP contribution in [0.1, 0.15) is 38.5 Å². The van der Waals surface area contributed by atoms with Crippen molar-refractivity contribution in [1.29, 1.82) is 5.26 Å². The zero-order chi connectivity index (χ0) is 10.7. The number of nitrogens with zero attached hydrogens (tertiary/aromatic N) is 1. The van der Waals surface area contributed by atoms with Gasteiger partial charge in [-0.15, -0.1) is 0 Å². The van der Waals surface area contributed by atoms with Crippen LogP contribution in [-0.2, 0) is 0 Å². The second-order valence-electron chi connectivity index (χ2n) is 4.94. The number of aliphatic hydroxyl groups is 1. The molecule has 0 aromatic heterocycles. The summed E-state index contributed by atoms with van der Waals surface area (Å²) in [5.41, 5.74) is 0. The van der Waals surface area contributed by atoms with Crippen LogP contribution in [0.4, 0.5) is 0 Å². The van der Waals surface area contributed by atoms with Crippen molar-refractivity contribution in [3.05, 3.63) is 0 Å². The van der Waals surface area contributed by atoms with E-state index in [1.165, 1.54) is 6.42 Å². The van der Waals surface area contributed by atoms with Crippen molar-refractivity contribution in [3.8, 4) is 6.07 Å². The van der Waals surface area contributed by atoms with Gasteiger partial charge in [-0.2, -0.15) is 5.26 Å². The fraction of sp³-hybridized carbons (Fsp3) is 0.917. The average molecular weight is 208 g/mol. The lowest BCUT2D eigenvalue weighted by atomic mass is 10.0. The van der Waals surface area contributed by atoms with Crippen molar-refractivity contribution < 1.29 is 5.11 Å². The van der Waals surface area contributed by atoms with Crippen molar-refractivity contribution in [2.45, 2.75) is 50.7 Å². The highest BCUT2D eigenvalue weighted by Gasteiger charge is 2.30. The Morgan fingerprint density at radius 3 is 2.67 bits per heavy atom. The molecule has 0 aromatic carbocycles. The maximum absolute atomic E-state index is 9.68. The first kappa shape index (κ1) is 10.9. The highest BCUT2D eigenvalue weighted by Crippen LogP contribution is 2.28. The topological polar surface area (TPSA) is 56.0 Å². The average Bonchev–Trinajstić information content (AvgIpc) is 2.83. The predicted octanol–water partition coefficient (Wildman–Crippen LogP) is 1.43. The molecule has 3 heteroatoms. The van der Waals surface area contributed by atoms with Crippen LogP contribution in [0, 0.1) is 23.2 Å². The van der Waals surface area contributed by atoms with Crippen molar-refractivity contribution in [1.82, 2.24) is 5.32 Å². The molecule has 2 N–H and O–H groups in total. The SMILES string of the molecule is N#CC1CCCC1NCC1CCCC1O. The Kier molecular flexibility index (Phi) is 3.61. The molecule has 0 heterocycles. The van der Waals surface area contributed by atoms with E-state index < -0.39 is 0 Å². The molecule has 0 aromatic rings. The molecule has 2 rings (SSSR count). The van der Waals surface area contributed by atoms with Gasteiger partial charge in [0.2, 0.25) is 0 Å². The molecule has 3 nitrogen and oxygen atoms in total. The molecule has 2 saturated carbocycles. The quantitative estimate of drug-likeness (QED) is 0.737. The Bertz CT molecular complexity index is 248. The molecule has 2 fully saturated rings. The standard InChI is InChI=1S/C12H20N2O/c13-7-9-3-1-5-11(9)14-8-10-4-2-6-12(10)15/h9-12,14-15H,1-6,8H2. The number of aliphatic hydroxyl groups excluding tert-OH is 1. The monoisotopic (exact) mass is 208 g/mol. The second-order valence-corrected chi connectivity index (χ2v) is 4.94. The van der Waals surface area contributed by atoms with E-state index in [4.69, 9.17) is 5.26 Å². The van der Waals surface area contributed by atoms with E-state index in [2.05, 4.69) is 11.4 Å². The number of nitrogens with one attached hydrogen (secondary N) is 1. The van der Waals surface area contributed by atoms with Crippen LogP contribution in [0.2, 0.25) is 0 Å². The zero-order valence-electron chi connectivity index (χ0n) is 9.15. The fourth-order valence-electron chi connectivity index (χ4n) is 2.92. The first-order valence-electron chi connectivity index (χ1n) is 6.12. The molecule has 4 atom stereocenters. The van der Waals surface area contributed by atoms with Crippen LogP contribution < -0.4 is 5.32 Å². The molecule has 2 aliphatic rings. The zero-order valence-corrected chi connectivity index (χ0v) is 9.15. The van der Waals surface area contributed by atoms with Gasteiger partial charge in [0.05, 0.1) is 18.1 Å². The Labute approximate surface area is 91.5 Å². The van der Waals surface area contributed by atoms with Gasteiger partial charge in [0.1, 0.15) is 0 Å². The first-order chi connectivity index (χ1) is 7.31. The van der Waals surface area contributed by atoms with Crippen LogP contribution in [0.5, 0.6) is 0 Å². The predicted molar refractivity (Wildman–Crippen MR) is 58.1 cm³/mol. The van der Waals surface area contributed by atoms with Gasteiger partial charge < -0.3 is 10.4 Å². The van der Waals surface area contributed by atoms with E-state index in [-0.39, 0.29) is 12.0 Å². The Hall–Kier alpha value is -0.590. The van der Waals surface area contributed by atoms with Crippen LogP contribution in [0.3, 0.4) is 0 Å². The molecule has 0 spiro atoms. The lowest BCUT2D eigenvalue weighted by Gasteiger charge is -2.20. The number of nitriles is 1. The van der Waals surface area contributed by atoms with Gasteiger partial charge in [-0.05, 0) is 31.6 Å². The highest BCUT2D eigenvalue weighted by molar-refractivity contribution is 4.97. The summed E-state index contributed by atoms with van der Waals surface area (Å²) in [5.74, 6) is 0.619. The van der Waals surface area contributed by atoms with Crippen LogP contribution >= 0.6 is 0 Å². The summed E-state index contributed by atoms with van der Waals surface area (Å²) in [6, 6.07) is 2.75. The van der Waals surface area contributed by atoms with E-state index in [1.807, 2.05) is 0 Å². The Morgan fingerprint density at radius 1 is 1.20 bits per heavy atom. The van der Waals surface area contributed by atoms with E-state index in [1.54, 1.807) is 0 Å². The van der Waals surface area contributed by atoms with Gasteiger partial charge in [-0.25, -0.2) is 0 Å². The molecule has 84 valence electrons. The summed E-state index contributed by atoms with van der Waals surface area (Å²) in [4.78, 5) is 0. The smallest absolute Gasteiger partial charge is 0.0672 e. The van der Waals surface area contributed by atoms with Gasteiger partial charge in [-0.3, -0.25) is 0 Å². The lowest BCUT2D eigenvalue weighted by molar-refractivity contribution is 0.129. The van der Waals surface area contributed by atoms with Crippen LogP contribution in [-0.4, -0.2) is 23.8 Å². The normalized spacial score (nSPS) is 40.5. The summed E-state index contributed by atoms with van der Waals surface area (Å²) < 4.78 is 0. The third kappa shape index (κ3) is 2.50. The van der Waals surface area contributed by atoms with Crippen molar-refractivity contribution >= 4 is 0 Å². The summed E-state index contributed by atoms with van der Waals surface area (Å²) in [7, 11) is 0. The summed E-state index contributed by atoms with van der Waals surface area (Å²) in [5, 5.41) is 22.1. The molecular weight excluding hydrogens is 188 g/mol. The highest BCUT2D eigenvalue weighted by atomic mass is 16.3. The summed E-state index contributed by atoms with van der Waals surface area (Å²) >= 11 is 0. The van der Waals surface area contributed by atoms with Gasteiger partial charge in [-0.1, -0.05) is 12.8 Å². The third-order valence-electron chi connectivity index (χ3n) is 3.94. The lowest BCUT2D eigenvalue weighted by Crippen LogP contribution is -2.37. The molecule has 0 radical (unpaired) electrons. The van der Waals surface area contributed by atoms with Crippen molar-refractivity contribution in [3.63, 3.8) is 0 Å². The number of hydrogen-bond donors (Lipinski definition) is 2. The number of rotatable bonds is 3. The molecule has 0 saturated heterocycles. The van der Waals surface area contributed by atoms with Crippen molar-refractivity contribution in [2.24, 2.45) is 11.8 Å². The van der Waals surface area contributed by atoms with Crippen LogP contribution in [0.25, 0.3) is 0 Å². The Balaban J connectivity index is 1.75. The molecule has 0 amide bonds. The summed E-state index contributed by atoms with van der Waals surface area (Å²) in [6.07, 6.45) is 6.47. The van der Waals surface area contributed by atoms with Gasteiger partial charge >= 0.3 is 0 Å². The molecule has 0 bridgehead atoms. The molecule has 15 heavy (non-hydrogen) atoms. The second kappa shape index (κ2) is 4.96. The maximum atomic E-state index is 9.68. The third-order valence-corrected chi connectivity index (χ3v) is 3.94. The molecule has 4 unspecified atom stereocenters. The van der Waals surface area contributed by atoms with E-state index >= 15 is 0 Å². The van der Waals surface area contributed by atoms with E-state index in [0.29, 0.717) is 12.0 Å².